The molecule has 4 atom stereocenters. The lowest BCUT2D eigenvalue weighted by Gasteiger charge is -2.26. The Morgan fingerprint density at radius 1 is 0.569 bits per heavy atom. The number of ether oxygens (including phenoxy) is 3. The summed E-state index contributed by atoms with van der Waals surface area (Å²) in [6.45, 7) is 15.3. The molecule has 0 aromatic heterocycles. The van der Waals surface area contributed by atoms with Gasteiger partial charge in [0.25, 0.3) is 0 Å². The number of unbranched alkanes of at least 4 members (excludes halogenated alkanes) is 2. The number of carbonyl (C=O) groups is 8. The third-order valence-corrected chi connectivity index (χ3v) is 6.90. The van der Waals surface area contributed by atoms with Gasteiger partial charge in [-0.25, -0.2) is 4.79 Å². The Labute approximate surface area is 301 Å². The summed E-state index contributed by atoms with van der Waals surface area (Å²) >= 11 is 0. The van der Waals surface area contributed by atoms with Gasteiger partial charge in [-0.15, -0.1) is 0 Å². The Balaban J connectivity index is -0.000000897. The van der Waals surface area contributed by atoms with Crippen LogP contribution in [0.4, 0.5) is 0 Å². The molecule has 0 aliphatic carbocycles. The van der Waals surface area contributed by atoms with Crippen LogP contribution in [0.2, 0.25) is 0 Å². The highest BCUT2D eigenvalue weighted by atomic mass is 16.6. The molecule has 0 aliphatic rings. The van der Waals surface area contributed by atoms with E-state index in [0.717, 1.165) is 0 Å². The van der Waals surface area contributed by atoms with Crippen LogP contribution in [-0.2, 0) is 52.6 Å². The summed E-state index contributed by atoms with van der Waals surface area (Å²) in [7, 11) is 2.62. The third kappa shape index (κ3) is 25.3. The van der Waals surface area contributed by atoms with Crippen LogP contribution < -0.4 is 21.3 Å². The number of methoxy groups -OCH3 is 2. The third-order valence-electron chi connectivity index (χ3n) is 6.90. The molecule has 0 heterocycles. The summed E-state index contributed by atoms with van der Waals surface area (Å²) in [5.74, 6) is -4.22. The molecule has 0 bridgehead atoms. The lowest BCUT2D eigenvalue weighted by atomic mass is 10.0. The van der Waals surface area contributed by atoms with E-state index in [-0.39, 0.29) is 66.7 Å². The van der Waals surface area contributed by atoms with Crippen molar-refractivity contribution < 1.29 is 63.1 Å². The molecule has 296 valence electrons. The van der Waals surface area contributed by atoms with Crippen LogP contribution in [0.5, 0.6) is 0 Å². The van der Waals surface area contributed by atoms with E-state index in [1.165, 1.54) is 28.1 Å². The summed E-state index contributed by atoms with van der Waals surface area (Å²) in [5.41, 5.74) is -0.647. The average molecular weight is 735 g/mol. The lowest BCUT2D eigenvalue weighted by molar-refractivity contribution is -0.158. The molecule has 17 nitrogen and oxygen atoms in total. The van der Waals surface area contributed by atoms with Gasteiger partial charge in [-0.2, -0.15) is 0 Å². The molecule has 0 saturated heterocycles. The zero-order valence-corrected chi connectivity index (χ0v) is 32.1. The summed E-state index contributed by atoms with van der Waals surface area (Å²) in [6.07, 6.45) is 2.96. The maximum absolute atomic E-state index is 12.5. The highest BCUT2D eigenvalue weighted by Crippen LogP contribution is 2.10. The number of nitrogens with one attached hydrogen (secondary N) is 4. The van der Waals surface area contributed by atoms with Gasteiger partial charge in [0.05, 0.1) is 14.2 Å². The minimum atomic E-state index is -1.14. The van der Waals surface area contributed by atoms with Gasteiger partial charge in [-0.3, -0.25) is 33.6 Å². The van der Waals surface area contributed by atoms with E-state index >= 15 is 0 Å². The second kappa shape index (κ2) is 26.5. The number of carboxylic acids is 1. The van der Waals surface area contributed by atoms with Gasteiger partial charge in [0.1, 0.15) is 29.8 Å². The molecule has 0 radical (unpaired) electrons. The number of hydrogen-bond donors (Lipinski definition) is 5. The van der Waals surface area contributed by atoms with Gasteiger partial charge in [-0.1, -0.05) is 27.7 Å². The monoisotopic (exact) mass is 734 g/mol. The Morgan fingerprint density at radius 2 is 0.902 bits per heavy atom. The van der Waals surface area contributed by atoms with E-state index in [0.29, 0.717) is 25.7 Å². The van der Waals surface area contributed by atoms with E-state index in [1.807, 2.05) is 0 Å². The highest BCUT2D eigenvalue weighted by Gasteiger charge is 2.29. The first kappa shape index (κ1) is 51.1. The van der Waals surface area contributed by atoms with E-state index < -0.39 is 53.5 Å². The molecule has 0 unspecified atom stereocenters. The predicted molar refractivity (Wildman–Crippen MR) is 187 cm³/mol. The number of aliphatic carboxylic acids is 1. The van der Waals surface area contributed by atoms with Gasteiger partial charge >= 0.3 is 23.9 Å². The fraction of sp³-hybridized carbons (Fsp3) is 0.765. The molecule has 0 fully saturated rings. The molecule has 0 aliphatic heterocycles. The van der Waals surface area contributed by atoms with Crippen molar-refractivity contribution in [3.8, 4) is 0 Å². The first-order chi connectivity index (χ1) is 23.1. The van der Waals surface area contributed by atoms with Crippen LogP contribution in [0.15, 0.2) is 0 Å². The Hall–Kier alpha value is -4.28. The van der Waals surface area contributed by atoms with Crippen molar-refractivity contribution in [2.45, 2.75) is 143 Å². The van der Waals surface area contributed by atoms with E-state index in [1.54, 1.807) is 48.5 Å². The van der Waals surface area contributed by atoms with E-state index in [9.17, 15) is 38.4 Å². The fourth-order valence-electron chi connectivity index (χ4n) is 3.99. The number of carboxylic acid groups (broad SMARTS) is 1. The van der Waals surface area contributed by atoms with Gasteiger partial charge in [0.15, 0.2) is 0 Å². The smallest absolute Gasteiger partial charge is 0.328 e. The summed E-state index contributed by atoms with van der Waals surface area (Å²) in [6, 6.07) is -3.41. The number of rotatable bonds is 20. The fourth-order valence-corrected chi connectivity index (χ4v) is 3.99. The normalized spacial score (nSPS) is 13.0. The second-order valence-corrected chi connectivity index (χ2v) is 13.5. The SMILES string of the molecule is COC(=O)CCCCC(=O)N[C@H](C(=O)N[C@@H](C)C(=O)O)C(C)C.COC(=O)CCCCC(=O)N[C@H](C(=O)N[C@@H](C)C(=O)OC(C)(C)C)C(C)C.O. The van der Waals surface area contributed by atoms with E-state index in [2.05, 4.69) is 30.7 Å². The summed E-state index contributed by atoms with van der Waals surface area (Å²) in [4.78, 5) is 93.2. The Kier molecular flexibility index (Phi) is 26.6. The highest BCUT2D eigenvalue weighted by molar-refractivity contribution is 5.91. The maximum Gasteiger partial charge on any atom is 0.328 e. The maximum atomic E-state index is 12.5. The van der Waals surface area contributed by atoms with Crippen molar-refractivity contribution in [2.24, 2.45) is 11.8 Å². The molecule has 7 N–H and O–H groups in total. The molecule has 51 heavy (non-hydrogen) atoms. The van der Waals surface area contributed by atoms with Crippen molar-refractivity contribution in [1.82, 2.24) is 21.3 Å². The van der Waals surface area contributed by atoms with Crippen molar-refractivity contribution in [3.63, 3.8) is 0 Å². The molecule has 0 spiro atoms. The van der Waals surface area contributed by atoms with Crippen LogP contribution in [0, 0.1) is 11.8 Å². The first-order valence-corrected chi connectivity index (χ1v) is 16.8. The topological polar surface area (TPSA) is 264 Å². The van der Waals surface area contributed by atoms with Crippen molar-refractivity contribution in [1.29, 1.82) is 0 Å². The first-order valence-electron chi connectivity index (χ1n) is 16.8. The van der Waals surface area contributed by atoms with Crippen LogP contribution in [0.3, 0.4) is 0 Å². The molecule has 4 amide bonds. The average Bonchev–Trinajstić information content (AvgIpc) is 3.01. The summed E-state index contributed by atoms with van der Waals surface area (Å²) < 4.78 is 14.3. The van der Waals surface area contributed by atoms with Gasteiger partial charge in [0, 0.05) is 25.7 Å². The molecular formula is C34H62N4O13. The van der Waals surface area contributed by atoms with Crippen molar-refractivity contribution >= 4 is 47.5 Å². The molecular weight excluding hydrogens is 672 g/mol. The van der Waals surface area contributed by atoms with Crippen LogP contribution >= 0.6 is 0 Å². The molecule has 17 heteroatoms. The lowest BCUT2D eigenvalue weighted by Crippen LogP contribution is -2.53. The van der Waals surface area contributed by atoms with Gasteiger partial charge < -0.3 is 46.1 Å². The molecule has 0 aromatic carbocycles. The number of esters is 3. The molecule has 0 aromatic rings. The van der Waals surface area contributed by atoms with E-state index in [4.69, 9.17) is 9.84 Å². The molecule has 0 saturated carbocycles. The Bertz CT molecular complexity index is 1140. The predicted octanol–water partition coefficient (Wildman–Crippen LogP) is 1.33. The van der Waals surface area contributed by atoms with Gasteiger partial charge in [0.2, 0.25) is 23.6 Å². The quantitative estimate of drug-likeness (QED) is 0.0674. The number of carbonyl (C=O) groups excluding carboxylic acids is 7. The van der Waals surface area contributed by atoms with Crippen LogP contribution in [0.25, 0.3) is 0 Å². The largest absolute Gasteiger partial charge is 0.480 e. The zero-order valence-electron chi connectivity index (χ0n) is 32.1. The Morgan fingerprint density at radius 3 is 1.20 bits per heavy atom. The minimum Gasteiger partial charge on any atom is -0.480 e. The van der Waals surface area contributed by atoms with Gasteiger partial charge in [-0.05, 0) is 72.1 Å². The van der Waals surface area contributed by atoms with Crippen LogP contribution in [-0.4, -0.2) is 102 Å². The van der Waals surface area contributed by atoms with Crippen LogP contribution in [0.1, 0.15) is 114 Å². The number of amides is 4. The van der Waals surface area contributed by atoms with Crippen molar-refractivity contribution in [3.05, 3.63) is 0 Å². The second-order valence-electron chi connectivity index (χ2n) is 13.5. The molecule has 0 rings (SSSR count). The van der Waals surface area contributed by atoms with Crippen molar-refractivity contribution in [2.75, 3.05) is 14.2 Å². The minimum absolute atomic E-state index is 0. The standard InChI is InChI=1S/C19H34N2O6.C15H26N2O6.H2O/c1-12(2)16(21-14(22)10-8-9-11-15(23)26-7)17(24)20-13(3)18(25)27-19(4,5)6;1-9(2)13(14(20)16-10(3)15(21)22)17-11(18)7-5-6-8-12(19)23-4;/h12-13,16H,8-11H2,1-7H3,(H,20,24)(H,21,22);9-10,13H,5-8H2,1-4H3,(H,16,20)(H,17,18)(H,21,22);1H2/t13-,16-;10-,13-;/m00./s1. The zero-order chi connectivity index (χ0) is 39.2. The number of hydrogen-bond acceptors (Lipinski definition) is 11. The summed E-state index contributed by atoms with van der Waals surface area (Å²) in [5, 5.41) is 19.0.